The van der Waals surface area contributed by atoms with Crippen molar-refractivity contribution < 1.29 is 18.0 Å². The molecule has 0 aliphatic rings. The highest BCUT2D eigenvalue weighted by Gasteiger charge is 2.33. The molecule has 0 radical (unpaired) electrons. The van der Waals surface area contributed by atoms with E-state index in [4.69, 9.17) is 0 Å². The van der Waals surface area contributed by atoms with Crippen LogP contribution in [0.25, 0.3) is 0 Å². The number of hydrogen-bond acceptors (Lipinski definition) is 4. The number of rotatable bonds is 12. The number of carbonyl (C=O) groups is 2. The SMILES string of the molecule is CCC(C)NC(=O)C(CC)N(Cc1cccc(C)c1)C(=O)CN(c1ccccc1)S(=O)(=O)N(C)C. The van der Waals surface area contributed by atoms with Gasteiger partial charge in [-0.2, -0.15) is 12.7 Å². The average Bonchev–Trinajstić information content (AvgIpc) is 2.82. The molecular weight excluding hydrogens is 464 g/mol. The molecule has 9 heteroatoms. The second-order valence-electron chi connectivity index (χ2n) is 8.88. The summed E-state index contributed by atoms with van der Waals surface area (Å²) in [7, 11) is -1.11. The van der Waals surface area contributed by atoms with Crippen LogP contribution in [-0.2, 0) is 26.3 Å². The van der Waals surface area contributed by atoms with Crippen molar-refractivity contribution in [1.29, 1.82) is 0 Å². The zero-order valence-corrected chi connectivity index (χ0v) is 22.4. The Morgan fingerprint density at radius 2 is 1.63 bits per heavy atom. The minimum absolute atomic E-state index is 0.0394. The van der Waals surface area contributed by atoms with E-state index in [2.05, 4.69) is 5.32 Å². The highest BCUT2D eigenvalue weighted by atomic mass is 32.2. The molecule has 192 valence electrons. The molecule has 0 aliphatic heterocycles. The first kappa shape index (κ1) is 28.3. The van der Waals surface area contributed by atoms with E-state index in [1.54, 1.807) is 30.3 Å². The van der Waals surface area contributed by atoms with Crippen molar-refractivity contribution in [2.75, 3.05) is 24.9 Å². The van der Waals surface area contributed by atoms with Gasteiger partial charge in [0.25, 0.3) is 0 Å². The van der Waals surface area contributed by atoms with Gasteiger partial charge in [0.15, 0.2) is 0 Å². The van der Waals surface area contributed by atoms with Gasteiger partial charge in [0, 0.05) is 26.7 Å². The van der Waals surface area contributed by atoms with Crippen LogP contribution in [0.4, 0.5) is 5.69 Å². The maximum Gasteiger partial charge on any atom is 0.304 e. The van der Waals surface area contributed by atoms with Crippen LogP contribution < -0.4 is 9.62 Å². The number of nitrogens with one attached hydrogen (secondary N) is 1. The number of hydrogen-bond donors (Lipinski definition) is 1. The highest BCUT2D eigenvalue weighted by Crippen LogP contribution is 2.21. The van der Waals surface area contributed by atoms with Crippen molar-refractivity contribution in [3.05, 3.63) is 65.7 Å². The summed E-state index contributed by atoms with van der Waals surface area (Å²) in [6, 6.07) is 15.5. The molecule has 8 nitrogen and oxygen atoms in total. The molecule has 0 saturated carbocycles. The van der Waals surface area contributed by atoms with Gasteiger partial charge in [-0.15, -0.1) is 0 Å². The third-order valence-corrected chi connectivity index (χ3v) is 7.71. The van der Waals surface area contributed by atoms with Gasteiger partial charge in [0.1, 0.15) is 12.6 Å². The van der Waals surface area contributed by atoms with Crippen LogP contribution >= 0.6 is 0 Å². The van der Waals surface area contributed by atoms with Crippen LogP contribution in [-0.4, -0.2) is 62.2 Å². The Kier molecular flexibility index (Phi) is 10.3. The molecule has 2 unspecified atom stereocenters. The fraction of sp³-hybridized carbons (Fsp3) is 0.462. The number of benzene rings is 2. The van der Waals surface area contributed by atoms with Crippen molar-refractivity contribution in [3.8, 4) is 0 Å². The average molecular weight is 503 g/mol. The smallest absolute Gasteiger partial charge is 0.304 e. The molecule has 0 aliphatic carbocycles. The van der Waals surface area contributed by atoms with Gasteiger partial charge in [-0.25, -0.2) is 4.31 Å². The lowest BCUT2D eigenvalue weighted by Crippen LogP contribution is -2.54. The monoisotopic (exact) mass is 502 g/mol. The minimum atomic E-state index is -3.96. The fourth-order valence-electron chi connectivity index (χ4n) is 3.68. The molecule has 0 heterocycles. The van der Waals surface area contributed by atoms with Gasteiger partial charge in [0.05, 0.1) is 5.69 Å². The molecule has 0 spiro atoms. The summed E-state index contributed by atoms with van der Waals surface area (Å²) in [5.74, 6) is -0.698. The molecule has 2 aromatic carbocycles. The zero-order chi connectivity index (χ0) is 26.2. The first-order valence-corrected chi connectivity index (χ1v) is 13.3. The first-order valence-electron chi connectivity index (χ1n) is 11.9. The Bertz CT molecular complexity index is 1090. The Morgan fingerprint density at radius 1 is 0.971 bits per heavy atom. The van der Waals surface area contributed by atoms with Gasteiger partial charge in [-0.05, 0) is 44.4 Å². The molecule has 0 saturated heterocycles. The summed E-state index contributed by atoms with van der Waals surface area (Å²) in [6.07, 6.45) is 1.16. The van der Waals surface area contributed by atoms with E-state index in [9.17, 15) is 18.0 Å². The van der Waals surface area contributed by atoms with Crippen molar-refractivity contribution in [2.45, 2.75) is 59.2 Å². The largest absolute Gasteiger partial charge is 0.352 e. The molecular formula is C26H38N4O4S. The minimum Gasteiger partial charge on any atom is -0.352 e. The molecule has 2 rings (SSSR count). The van der Waals surface area contributed by atoms with E-state index in [1.165, 1.54) is 19.0 Å². The van der Waals surface area contributed by atoms with Gasteiger partial charge in [-0.1, -0.05) is 61.9 Å². The summed E-state index contributed by atoms with van der Waals surface area (Å²) in [5, 5.41) is 2.97. The van der Waals surface area contributed by atoms with Crippen LogP contribution in [0.3, 0.4) is 0 Å². The predicted molar refractivity (Wildman–Crippen MR) is 140 cm³/mol. The highest BCUT2D eigenvalue weighted by molar-refractivity contribution is 7.90. The van der Waals surface area contributed by atoms with Crippen molar-refractivity contribution in [2.24, 2.45) is 0 Å². The number of carbonyl (C=O) groups excluding carboxylic acids is 2. The molecule has 2 amide bonds. The zero-order valence-electron chi connectivity index (χ0n) is 21.6. The van der Waals surface area contributed by atoms with Crippen molar-refractivity contribution in [1.82, 2.24) is 14.5 Å². The van der Waals surface area contributed by atoms with E-state index >= 15 is 0 Å². The van der Waals surface area contributed by atoms with Crippen LogP contribution in [0.1, 0.15) is 44.7 Å². The summed E-state index contributed by atoms with van der Waals surface area (Å²) in [6.45, 7) is 7.47. The van der Waals surface area contributed by atoms with E-state index in [0.717, 1.165) is 26.2 Å². The maximum atomic E-state index is 13.8. The van der Waals surface area contributed by atoms with Crippen LogP contribution in [0.15, 0.2) is 54.6 Å². The maximum absolute atomic E-state index is 13.8. The molecule has 2 atom stereocenters. The second kappa shape index (κ2) is 12.7. The van der Waals surface area contributed by atoms with Gasteiger partial charge >= 0.3 is 10.2 Å². The Morgan fingerprint density at radius 3 is 2.17 bits per heavy atom. The third-order valence-electron chi connectivity index (χ3n) is 5.89. The number of anilines is 1. The second-order valence-corrected chi connectivity index (χ2v) is 11.0. The predicted octanol–water partition coefficient (Wildman–Crippen LogP) is 3.33. The first-order chi connectivity index (χ1) is 16.5. The van der Waals surface area contributed by atoms with E-state index < -0.39 is 28.7 Å². The van der Waals surface area contributed by atoms with Gasteiger partial charge in [-0.3, -0.25) is 9.59 Å². The molecule has 2 aromatic rings. The number of aryl methyl sites for hydroxylation is 1. The van der Waals surface area contributed by atoms with Crippen molar-refractivity contribution in [3.63, 3.8) is 0 Å². The quantitative estimate of drug-likeness (QED) is 0.482. The van der Waals surface area contributed by atoms with Crippen LogP contribution in [0.5, 0.6) is 0 Å². The van der Waals surface area contributed by atoms with E-state index in [-0.39, 0.29) is 18.5 Å². The van der Waals surface area contributed by atoms with E-state index in [1.807, 2.05) is 52.0 Å². The number of amides is 2. The van der Waals surface area contributed by atoms with E-state index in [0.29, 0.717) is 12.1 Å². The normalized spacial score (nSPS) is 13.2. The van der Waals surface area contributed by atoms with Crippen LogP contribution in [0, 0.1) is 6.92 Å². The summed E-state index contributed by atoms with van der Waals surface area (Å²) in [4.78, 5) is 28.4. The molecule has 35 heavy (non-hydrogen) atoms. The summed E-state index contributed by atoms with van der Waals surface area (Å²) >= 11 is 0. The lowest BCUT2D eigenvalue weighted by atomic mass is 10.1. The lowest BCUT2D eigenvalue weighted by Gasteiger charge is -2.34. The molecule has 1 N–H and O–H groups in total. The molecule has 0 fully saturated rings. The van der Waals surface area contributed by atoms with Crippen LogP contribution in [0.2, 0.25) is 0 Å². The Labute approximate surface area is 210 Å². The van der Waals surface area contributed by atoms with Gasteiger partial charge in [0.2, 0.25) is 11.8 Å². The summed E-state index contributed by atoms with van der Waals surface area (Å²) in [5.41, 5.74) is 2.28. The van der Waals surface area contributed by atoms with Crippen molar-refractivity contribution >= 4 is 27.7 Å². The molecule has 0 bridgehead atoms. The standard InChI is InChI=1S/C26H38N4O4S/c1-7-21(4)27-26(32)24(8-2)29(18-22-14-12-13-20(3)17-22)25(31)19-30(35(33,34)28(5)6)23-15-10-9-11-16-23/h9-17,21,24H,7-8,18-19H2,1-6H3,(H,27,32). The van der Waals surface area contributed by atoms with Gasteiger partial charge < -0.3 is 10.2 Å². The fourth-order valence-corrected chi connectivity index (χ4v) is 4.73. The Balaban J connectivity index is 2.48. The topological polar surface area (TPSA) is 90.0 Å². The third kappa shape index (κ3) is 7.53. The lowest BCUT2D eigenvalue weighted by molar-refractivity contribution is -0.140. The number of para-hydroxylation sites is 1. The number of nitrogens with zero attached hydrogens (tertiary/aromatic N) is 3. The summed E-state index contributed by atoms with van der Waals surface area (Å²) < 4.78 is 28.5. The molecule has 0 aromatic heterocycles. The Hall–Kier alpha value is -2.91.